The number of sulfonamides is 1. The van der Waals surface area contributed by atoms with Gasteiger partial charge in [-0.15, -0.1) is 0 Å². The standard InChI is InChI=1S/C21H26N2O3S/c1-2-16-5-9-18(10-6-16)26-19-11-7-17(8-12-19)20-4-3-13-23-14-15-27(24,25)22-21(20)23/h5-7,9-12,17,20H,2-4,8,13-15H2,1H3/t17?,20-/m1/s1. The highest BCUT2D eigenvalue weighted by atomic mass is 32.2. The number of piperidine rings is 1. The van der Waals surface area contributed by atoms with E-state index in [0.29, 0.717) is 6.54 Å². The zero-order valence-electron chi connectivity index (χ0n) is 15.7. The van der Waals surface area contributed by atoms with Crippen LogP contribution in [0.25, 0.3) is 0 Å². The van der Waals surface area contributed by atoms with Gasteiger partial charge < -0.3 is 9.64 Å². The fourth-order valence-electron chi connectivity index (χ4n) is 4.07. The van der Waals surface area contributed by atoms with Crippen molar-refractivity contribution in [3.8, 4) is 5.75 Å². The molecule has 2 aliphatic heterocycles. The third-order valence-electron chi connectivity index (χ3n) is 5.63. The number of ether oxygens (including phenoxy) is 1. The van der Waals surface area contributed by atoms with Gasteiger partial charge in [-0.2, -0.15) is 4.40 Å². The molecule has 1 aromatic rings. The normalized spacial score (nSPS) is 26.8. The Bertz CT molecular complexity index is 885. The fraction of sp³-hybridized carbons (Fsp3) is 0.476. The molecule has 0 radical (unpaired) electrons. The minimum Gasteiger partial charge on any atom is -0.458 e. The van der Waals surface area contributed by atoms with E-state index in [9.17, 15) is 8.42 Å². The Hall–Kier alpha value is -2.08. The highest BCUT2D eigenvalue weighted by molar-refractivity contribution is 7.90. The van der Waals surface area contributed by atoms with E-state index in [1.165, 1.54) is 5.56 Å². The molecule has 1 aliphatic carbocycles. The first-order valence-corrected chi connectivity index (χ1v) is 11.4. The number of hydrogen-bond acceptors (Lipinski definition) is 4. The van der Waals surface area contributed by atoms with E-state index < -0.39 is 10.0 Å². The van der Waals surface area contributed by atoms with Gasteiger partial charge in [-0.1, -0.05) is 25.1 Å². The summed E-state index contributed by atoms with van der Waals surface area (Å²) in [6, 6.07) is 8.17. The quantitative estimate of drug-likeness (QED) is 0.794. The van der Waals surface area contributed by atoms with E-state index in [2.05, 4.69) is 40.5 Å². The van der Waals surface area contributed by atoms with Gasteiger partial charge in [-0.25, -0.2) is 8.42 Å². The summed E-state index contributed by atoms with van der Waals surface area (Å²) in [6.45, 7) is 3.63. The van der Waals surface area contributed by atoms with Crippen LogP contribution in [-0.2, 0) is 16.4 Å². The minimum atomic E-state index is -3.30. The summed E-state index contributed by atoms with van der Waals surface area (Å²) in [6.07, 6.45) is 10.2. The topological polar surface area (TPSA) is 59.0 Å². The number of allylic oxidation sites excluding steroid dienone is 3. The molecule has 6 heteroatoms. The molecule has 0 saturated carbocycles. The summed E-state index contributed by atoms with van der Waals surface area (Å²) in [5, 5.41) is 0. The molecule has 0 spiro atoms. The first-order valence-electron chi connectivity index (χ1n) is 9.77. The first kappa shape index (κ1) is 18.3. The molecule has 2 heterocycles. The van der Waals surface area contributed by atoms with Crippen LogP contribution in [0.15, 0.2) is 52.7 Å². The number of amidine groups is 1. The molecule has 1 saturated heterocycles. The number of fused-ring (bicyclic) bond motifs is 1. The van der Waals surface area contributed by atoms with Crippen molar-refractivity contribution in [1.82, 2.24) is 4.90 Å². The Balaban J connectivity index is 1.45. The van der Waals surface area contributed by atoms with Crippen molar-refractivity contribution in [2.75, 3.05) is 18.8 Å². The first-order chi connectivity index (χ1) is 13.0. The molecule has 27 heavy (non-hydrogen) atoms. The van der Waals surface area contributed by atoms with Crippen LogP contribution in [0.2, 0.25) is 0 Å². The molecule has 144 valence electrons. The van der Waals surface area contributed by atoms with E-state index in [1.54, 1.807) is 0 Å². The maximum atomic E-state index is 12.0. The van der Waals surface area contributed by atoms with E-state index in [0.717, 1.165) is 49.6 Å². The third kappa shape index (κ3) is 4.10. The summed E-state index contributed by atoms with van der Waals surface area (Å²) in [5.41, 5.74) is 1.29. The molecule has 1 fully saturated rings. The minimum absolute atomic E-state index is 0.137. The maximum absolute atomic E-state index is 12.0. The van der Waals surface area contributed by atoms with Gasteiger partial charge in [-0.3, -0.25) is 0 Å². The van der Waals surface area contributed by atoms with Gasteiger partial charge in [-0.05, 0) is 61.4 Å². The van der Waals surface area contributed by atoms with Crippen molar-refractivity contribution in [1.29, 1.82) is 0 Å². The second-order valence-corrected chi connectivity index (χ2v) is 9.19. The smallest absolute Gasteiger partial charge is 0.256 e. The van der Waals surface area contributed by atoms with Gasteiger partial charge in [0.15, 0.2) is 0 Å². The number of aryl methyl sites for hydroxylation is 1. The zero-order valence-corrected chi connectivity index (χ0v) is 16.5. The summed E-state index contributed by atoms with van der Waals surface area (Å²) in [5.74, 6) is 3.05. The van der Waals surface area contributed by atoms with Crippen molar-refractivity contribution in [3.05, 3.63) is 53.8 Å². The number of nitrogens with zero attached hydrogens (tertiary/aromatic N) is 2. The lowest BCUT2D eigenvalue weighted by Gasteiger charge is -2.40. The van der Waals surface area contributed by atoms with Gasteiger partial charge in [0, 0.05) is 19.0 Å². The predicted octanol–water partition coefficient (Wildman–Crippen LogP) is 3.54. The lowest BCUT2D eigenvalue weighted by Crippen LogP contribution is -2.48. The van der Waals surface area contributed by atoms with Crippen LogP contribution in [0, 0.1) is 11.8 Å². The van der Waals surface area contributed by atoms with Gasteiger partial charge >= 0.3 is 0 Å². The molecule has 0 amide bonds. The molecule has 2 atom stereocenters. The number of rotatable bonds is 4. The van der Waals surface area contributed by atoms with E-state index in [1.807, 2.05) is 18.2 Å². The Morgan fingerprint density at radius 2 is 2.04 bits per heavy atom. The van der Waals surface area contributed by atoms with Gasteiger partial charge in [0.25, 0.3) is 10.0 Å². The monoisotopic (exact) mass is 386 g/mol. The summed E-state index contributed by atoms with van der Waals surface area (Å²) in [4.78, 5) is 2.16. The van der Waals surface area contributed by atoms with Crippen molar-refractivity contribution >= 4 is 15.9 Å². The average molecular weight is 387 g/mol. The molecule has 1 aromatic carbocycles. The van der Waals surface area contributed by atoms with Crippen LogP contribution in [0.5, 0.6) is 5.75 Å². The third-order valence-corrected chi connectivity index (χ3v) is 6.80. The van der Waals surface area contributed by atoms with Gasteiger partial charge in [0.05, 0.1) is 5.75 Å². The van der Waals surface area contributed by atoms with Crippen LogP contribution in [0.1, 0.15) is 31.7 Å². The lowest BCUT2D eigenvalue weighted by molar-refractivity contribution is 0.302. The van der Waals surface area contributed by atoms with E-state index in [-0.39, 0.29) is 17.6 Å². The fourth-order valence-corrected chi connectivity index (χ4v) is 5.15. The van der Waals surface area contributed by atoms with Crippen molar-refractivity contribution < 1.29 is 13.2 Å². The Labute approximate surface area is 161 Å². The summed E-state index contributed by atoms with van der Waals surface area (Å²) >= 11 is 0. The van der Waals surface area contributed by atoms with E-state index >= 15 is 0 Å². The molecule has 1 unspecified atom stereocenters. The Morgan fingerprint density at radius 1 is 1.22 bits per heavy atom. The van der Waals surface area contributed by atoms with Gasteiger partial charge in [0.1, 0.15) is 17.3 Å². The van der Waals surface area contributed by atoms with Crippen molar-refractivity contribution in [2.24, 2.45) is 16.2 Å². The van der Waals surface area contributed by atoms with Crippen LogP contribution in [-0.4, -0.2) is 38.0 Å². The second-order valence-electron chi connectivity index (χ2n) is 7.44. The molecule has 0 aromatic heterocycles. The number of benzene rings is 1. The summed E-state index contributed by atoms with van der Waals surface area (Å²) < 4.78 is 34.0. The van der Waals surface area contributed by atoms with Gasteiger partial charge in [0.2, 0.25) is 0 Å². The largest absolute Gasteiger partial charge is 0.458 e. The Morgan fingerprint density at radius 3 is 2.74 bits per heavy atom. The van der Waals surface area contributed by atoms with Crippen LogP contribution in [0.4, 0.5) is 0 Å². The van der Waals surface area contributed by atoms with Crippen LogP contribution < -0.4 is 4.74 Å². The zero-order chi connectivity index (χ0) is 18.9. The second kappa shape index (κ2) is 7.50. The molecule has 0 bridgehead atoms. The molecule has 5 nitrogen and oxygen atoms in total. The van der Waals surface area contributed by atoms with Crippen molar-refractivity contribution in [3.63, 3.8) is 0 Å². The average Bonchev–Trinajstić information content (AvgIpc) is 2.68. The molecular weight excluding hydrogens is 360 g/mol. The van der Waals surface area contributed by atoms with Crippen molar-refractivity contribution in [2.45, 2.75) is 32.6 Å². The molecule has 3 aliphatic rings. The van der Waals surface area contributed by atoms with Crippen LogP contribution >= 0.6 is 0 Å². The predicted molar refractivity (Wildman–Crippen MR) is 107 cm³/mol. The lowest BCUT2D eigenvalue weighted by atomic mass is 9.80. The molecule has 0 N–H and O–H groups in total. The molecule has 4 rings (SSSR count). The van der Waals surface area contributed by atoms with E-state index in [4.69, 9.17) is 4.74 Å². The SMILES string of the molecule is CCc1ccc(OC2=CCC([C@H]3CCCN4CCS(=O)(=O)N=C34)C=C2)cc1. The highest BCUT2D eigenvalue weighted by Crippen LogP contribution is 2.34. The Kier molecular flexibility index (Phi) is 5.08. The number of hydrogen-bond donors (Lipinski definition) is 0. The molecular formula is C21H26N2O3S. The van der Waals surface area contributed by atoms with Crippen LogP contribution in [0.3, 0.4) is 0 Å². The highest BCUT2D eigenvalue weighted by Gasteiger charge is 2.36. The maximum Gasteiger partial charge on any atom is 0.256 e. The summed E-state index contributed by atoms with van der Waals surface area (Å²) in [7, 11) is -3.30.